The first kappa shape index (κ1) is 19.4. The third-order valence-electron chi connectivity index (χ3n) is 5.90. The monoisotopic (exact) mass is 416 g/mol. The number of imidazole rings is 1. The Labute approximate surface area is 179 Å². The molecule has 1 aliphatic heterocycles. The number of piperidine rings is 1. The summed E-state index contributed by atoms with van der Waals surface area (Å²) in [5.74, 6) is 1.32. The Hall–Kier alpha value is -3.52. The highest BCUT2D eigenvalue weighted by Gasteiger charge is 2.24. The maximum atomic E-state index is 12.9. The molecule has 0 atom stereocenters. The summed E-state index contributed by atoms with van der Waals surface area (Å²) in [4.78, 5) is 24.1. The van der Waals surface area contributed by atoms with Gasteiger partial charge in [0.2, 0.25) is 11.7 Å². The van der Waals surface area contributed by atoms with E-state index in [0.717, 1.165) is 42.7 Å². The zero-order chi connectivity index (χ0) is 21.4. The number of pyridine rings is 1. The molecule has 8 nitrogen and oxygen atoms in total. The second-order valence-corrected chi connectivity index (χ2v) is 8.09. The average Bonchev–Trinajstić information content (AvgIpc) is 3.43. The lowest BCUT2D eigenvalue weighted by atomic mass is 9.97. The zero-order valence-corrected chi connectivity index (χ0v) is 17.6. The van der Waals surface area contributed by atoms with Gasteiger partial charge in [-0.05, 0) is 63.7 Å². The molecule has 4 aromatic rings. The SMILES string of the molecule is Cc1ccc(-c2noc(C3CCN(C)CC3)n2)cc1NC(=O)c1cnc2ccccn12. The van der Waals surface area contributed by atoms with Crippen LogP contribution in [0.25, 0.3) is 17.0 Å². The topological polar surface area (TPSA) is 88.6 Å². The van der Waals surface area contributed by atoms with Gasteiger partial charge in [-0.3, -0.25) is 9.20 Å². The summed E-state index contributed by atoms with van der Waals surface area (Å²) in [6.07, 6.45) is 5.45. The summed E-state index contributed by atoms with van der Waals surface area (Å²) in [5.41, 5.74) is 3.67. The summed E-state index contributed by atoms with van der Waals surface area (Å²) in [6, 6.07) is 11.4. The van der Waals surface area contributed by atoms with Gasteiger partial charge in [-0.25, -0.2) is 4.98 Å². The lowest BCUT2D eigenvalue weighted by molar-refractivity contribution is 0.102. The van der Waals surface area contributed by atoms with Gasteiger partial charge in [0.1, 0.15) is 11.3 Å². The highest BCUT2D eigenvalue weighted by atomic mass is 16.5. The molecular formula is C23H24N6O2. The van der Waals surface area contributed by atoms with E-state index in [4.69, 9.17) is 4.52 Å². The van der Waals surface area contributed by atoms with Crippen molar-refractivity contribution >= 4 is 17.2 Å². The molecule has 0 saturated carbocycles. The van der Waals surface area contributed by atoms with Crippen molar-refractivity contribution in [3.63, 3.8) is 0 Å². The van der Waals surface area contributed by atoms with Crippen LogP contribution in [0.3, 0.4) is 0 Å². The van der Waals surface area contributed by atoms with E-state index < -0.39 is 0 Å². The number of fused-ring (bicyclic) bond motifs is 1. The van der Waals surface area contributed by atoms with E-state index >= 15 is 0 Å². The van der Waals surface area contributed by atoms with E-state index in [0.29, 0.717) is 29.0 Å². The first-order valence-electron chi connectivity index (χ1n) is 10.4. The van der Waals surface area contributed by atoms with Crippen molar-refractivity contribution in [1.29, 1.82) is 0 Å². The number of hydrogen-bond acceptors (Lipinski definition) is 6. The molecule has 0 radical (unpaired) electrons. The van der Waals surface area contributed by atoms with Gasteiger partial charge in [-0.15, -0.1) is 0 Å². The zero-order valence-electron chi connectivity index (χ0n) is 17.6. The van der Waals surface area contributed by atoms with E-state index in [9.17, 15) is 4.79 Å². The Morgan fingerprint density at radius 3 is 2.87 bits per heavy atom. The number of aryl methyl sites for hydroxylation is 1. The lowest BCUT2D eigenvalue weighted by Gasteiger charge is -2.26. The third kappa shape index (κ3) is 3.82. The number of carbonyl (C=O) groups excluding carboxylic acids is 1. The van der Waals surface area contributed by atoms with E-state index in [1.807, 2.05) is 49.5 Å². The van der Waals surface area contributed by atoms with E-state index in [1.54, 1.807) is 10.6 Å². The average molecular weight is 416 g/mol. The molecule has 0 unspecified atom stereocenters. The van der Waals surface area contributed by atoms with Crippen molar-refractivity contribution in [1.82, 2.24) is 24.4 Å². The summed E-state index contributed by atoms with van der Waals surface area (Å²) < 4.78 is 7.34. The van der Waals surface area contributed by atoms with Gasteiger partial charge in [-0.2, -0.15) is 4.98 Å². The van der Waals surface area contributed by atoms with E-state index in [1.165, 1.54) is 0 Å². The predicted molar refractivity (Wildman–Crippen MR) is 117 cm³/mol. The van der Waals surface area contributed by atoms with E-state index in [-0.39, 0.29) is 5.91 Å². The molecule has 1 aliphatic rings. The minimum absolute atomic E-state index is 0.223. The second-order valence-electron chi connectivity index (χ2n) is 8.09. The maximum absolute atomic E-state index is 12.9. The number of amides is 1. The second kappa shape index (κ2) is 7.96. The number of hydrogen-bond donors (Lipinski definition) is 1. The number of carbonyl (C=O) groups is 1. The smallest absolute Gasteiger partial charge is 0.274 e. The molecule has 0 aliphatic carbocycles. The first-order valence-corrected chi connectivity index (χ1v) is 10.4. The Bertz CT molecular complexity index is 1240. The Kier molecular flexibility index (Phi) is 4.99. The van der Waals surface area contributed by atoms with Crippen LogP contribution in [0.4, 0.5) is 5.69 Å². The summed E-state index contributed by atoms with van der Waals surface area (Å²) in [6.45, 7) is 4.02. The largest absolute Gasteiger partial charge is 0.339 e. The van der Waals surface area contributed by atoms with Gasteiger partial charge < -0.3 is 14.7 Å². The number of aromatic nitrogens is 4. The van der Waals surface area contributed by atoms with Crippen molar-refractivity contribution in [2.45, 2.75) is 25.7 Å². The van der Waals surface area contributed by atoms with Gasteiger partial charge >= 0.3 is 0 Å². The molecule has 1 saturated heterocycles. The molecule has 8 heteroatoms. The van der Waals surface area contributed by atoms with Crippen LogP contribution in [0.1, 0.15) is 40.7 Å². The molecule has 3 aromatic heterocycles. The van der Waals surface area contributed by atoms with Crippen molar-refractivity contribution in [3.8, 4) is 11.4 Å². The molecule has 31 heavy (non-hydrogen) atoms. The van der Waals surface area contributed by atoms with Gasteiger partial charge in [0, 0.05) is 23.4 Å². The predicted octanol–water partition coefficient (Wildman–Crippen LogP) is 3.75. The first-order chi connectivity index (χ1) is 15.1. The summed E-state index contributed by atoms with van der Waals surface area (Å²) in [7, 11) is 2.13. The van der Waals surface area contributed by atoms with Gasteiger partial charge in [0.25, 0.3) is 5.91 Å². The molecule has 4 heterocycles. The van der Waals surface area contributed by atoms with Crippen molar-refractivity contribution in [3.05, 3.63) is 65.9 Å². The molecule has 158 valence electrons. The third-order valence-corrected chi connectivity index (χ3v) is 5.90. The molecule has 0 bridgehead atoms. The van der Waals surface area contributed by atoms with Gasteiger partial charge in [0.05, 0.1) is 6.20 Å². The van der Waals surface area contributed by atoms with Crippen molar-refractivity contribution in [2.24, 2.45) is 0 Å². The number of likely N-dealkylation sites (tertiary alicyclic amines) is 1. The number of benzene rings is 1. The van der Waals surface area contributed by atoms with Crippen LogP contribution in [0.15, 0.2) is 53.3 Å². The van der Waals surface area contributed by atoms with Crippen LogP contribution in [-0.4, -0.2) is 50.5 Å². The van der Waals surface area contributed by atoms with Crippen LogP contribution < -0.4 is 5.32 Å². The van der Waals surface area contributed by atoms with E-state index in [2.05, 4.69) is 32.4 Å². The normalized spacial score (nSPS) is 15.4. The minimum Gasteiger partial charge on any atom is -0.339 e. The fourth-order valence-electron chi connectivity index (χ4n) is 3.96. The minimum atomic E-state index is -0.223. The quantitative estimate of drug-likeness (QED) is 0.545. The molecular weight excluding hydrogens is 392 g/mol. The number of anilines is 1. The number of nitrogens with zero attached hydrogens (tertiary/aromatic N) is 5. The van der Waals surface area contributed by atoms with Gasteiger partial charge in [-0.1, -0.05) is 23.4 Å². The molecule has 1 fully saturated rings. The molecule has 0 spiro atoms. The van der Waals surface area contributed by atoms with Crippen LogP contribution in [-0.2, 0) is 0 Å². The standard InChI is InChI=1S/C23H24N6O2/c1-15-6-7-17(21-26-23(31-27-21)16-8-11-28(2)12-9-16)13-18(15)25-22(30)19-14-24-20-5-3-4-10-29(19)20/h3-7,10,13-14,16H,8-9,11-12H2,1-2H3,(H,25,30). The van der Waals surface area contributed by atoms with Crippen LogP contribution in [0, 0.1) is 6.92 Å². The van der Waals surface area contributed by atoms with Crippen LogP contribution in [0.5, 0.6) is 0 Å². The fourth-order valence-corrected chi connectivity index (χ4v) is 3.96. The highest BCUT2D eigenvalue weighted by Crippen LogP contribution is 2.29. The van der Waals surface area contributed by atoms with Crippen LogP contribution in [0.2, 0.25) is 0 Å². The Balaban J connectivity index is 1.38. The van der Waals surface area contributed by atoms with Crippen molar-refractivity contribution in [2.75, 3.05) is 25.5 Å². The fraction of sp³-hybridized carbons (Fsp3) is 0.304. The Morgan fingerprint density at radius 1 is 1.19 bits per heavy atom. The van der Waals surface area contributed by atoms with Gasteiger partial charge in [0.15, 0.2) is 0 Å². The lowest BCUT2D eigenvalue weighted by Crippen LogP contribution is -2.29. The van der Waals surface area contributed by atoms with Crippen LogP contribution >= 0.6 is 0 Å². The molecule has 1 aromatic carbocycles. The summed E-state index contributed by atoms with van der Waals surface area (Å²) in [5, 5.41) is 7.19. The molecule has 1 N–H and O–H groups in total. The molecule has 1 amide bonds. The number of nitrogens with one attached hydrogen (secondary N) is 1. The van der Waals surface area contributed by atoms with Crippen molar-refractivity contribution < 1.29 is 9.32 Å². The Morgan fingerprint density at radius 2 is 2.03 bits per heavy atom. The highest BCUT2D eigenvalue weighted by molar-refractivity contribution is 6.04. The molecule has 5 rings (SSSR count). The summed E-state index contributed by atoms with van der Waals surface area (Å²) >= 11 is 0. The maximum Gasteiger partial charge on any atom is 0.274 e. The number of rotatable bonds is 4.